The summed E-state index contributed by atoms with van der Waals surface area (Å²) in [7, 11) is 0. The molecule has 0 aliphatic heterocycles. The van der Waals surface area contributed by atoms with E-state index in [1.54, 1.807) is 12.4 Å². The lowest BCUT2D eigenvalue weighted by Gasteiger charge is -1.94. The Morgan fingerprint density at radius 2 is 2.20 bits per heavy atom. The van der Waals surface area contributed by atoms with Crippen LogP contribution >= 0.6 is 0 Å². The molecule has 0 bridgehead atoms. The topological polar surface area (TPSA) is 71.5 Å². The van der Waals surface area contributed by atoms with E-state index in [2.05, 4.69) is 19.9 Å². The lowest BCUT2D eigenvalue weighted by molar-refractivity contribution is 0.111. The Morgan fingerprint density at radius 3 is 3.07 bits per heavy atom. The highest BCUT2D eigenvalue weighted by Crippen LogP contribution is 2.18. The minimum atomic E-state index is 0.296. The predicted molar refractivity (Wildman–Crippen MR) is 54.6 cm³/mol. The number of carbonyl (C=O) groups excluding carboxylic acids is 1. The Morgan fingerprint density at radius 1 is 1.27 bits per heavy atom. The van der Waals surface area contributed by atoms with Crippen LogP contribution in [0, 0.1) is 0 Å². The first-order valence-corrected chi connectivity index (χ1v) is 4.43. The Labute approximate surface area is 84.2 Å². The molecule has 0 unspecified atom stereocenters. The third kappa shape index (κ3) is 1.10. The van der Waals surface area contributed by atoms with Gasteiger partial charge in [-0.25, -0.2) is 4.98 Å². The highest BCUT2D eigenvalue weighted by molar-refractivity contribution is 6.00. The number of aromatic nitrogens is 4. The highest BCUT2D eigenvalue weighted by atomic mass is 16.1. The van der Waals surface area contributed by atoms with Crippen LogP contribution in [0.25, 0.3) is 22.1 Å². The standard InChI is InChI=1S/C10H6N4O/c15-5-8-13-7-4-12-6-2-1-3-11-9(6)10(7)14-8/h1-5H,(H,13,14). The van der Waals surface area contributed by atoms with Crippen molar-refractivity contribution in [2.75, 3.05) is 0 Å². The molecule has 0 aliphatic carbocycles. The van der Waals surface area contributed by atoms with Gasteiger partial charge in [-0.2, -0.15) is 0 Å². The summed E-state index contributed by atoms with van der Waals surface area (Å²) in [5, 5.41) is 0. The maximum atomic E-state index is 10.6. The summed E-state index contributed by atoms with van der Waals surface area (Å²) in [6.07, 6.45) is 3.99. The maximum absolute atomic E-state index is 10.6. The summed E-state index contributed by atoms with van der Waals surface area (Å²) >= 11 is 0. The molecule has 0 aromatic carbocycles. The zero-order valence-corrected chi connectivity index (χ0v) is 7.64. The van der Waals surface area contributed by atoms with Crippen LogP contribution in [-0.4, -0.2) is 26.2 Å². The minimum absolute atomic E-state index is 0.296. The van der Waals surface area contributed by atoms with Crippen LogP contribution in [0.5, 0.6) is 0 Å². The number of aldehydes is 1. The summed E-state index contributed by atoms with van der Waals surface area (Å²) in [5.74, 6) is 0.296. The van der Waals surface area contributed by atoms with E-state index in [1.165, 1.54) is 0 Å². The molecule has 5 nitrogen and oxygen atoms in total. The lowest BCUT2D eigenvalue weighted by Crippen LogP contribution is -1.83. The summed E-state index contributed by atoms with van der Waals surface area (Å²) in [4.78, 5) is 25.9. The van der Waals surface area contributed by atoms with Gasteiger partial charge < -0.3 is 4.98 Å². The van der Waals surface area contributed by atoms with E-state index in [0.29, 0.717) is 17.6 Å². The van der Waals surface area contributed by atoms with Crippen molar-refractivity contribution in [2.45, 2.75) is 0 Å². The van der Waals surface area contributed by atoms with E-state index in [4.69, 9.17) is 0 Å². The van der Waals surface area contributed by atoms with E-state index in [9.17, 15) is 4.79 Å². The maximum Gasteiger partial charge on any atom is 0.185 e. The quantitative estimate of drug-likeness (QED) is 0.598. The summed E-state index contributed by atoms with van der Waals surface area (Å²) in [5.41, 5.74) is 2.92. The van der Waals surface area contributed by atoms with Gasteiger partial charge in [-0.1, -0.05) is 0 Å². The number of hydrogen-bond donors (Lipinski definition) is 1. The van der Waals surface area contributed by atoms with Gasteiger partial charge in [0.05, 0.1) is 17.2 Å². The molecule has 3 heterocycles. The third-order valence-electron chi connectivity index (χ3n) is 2.21. The fourth-order valence-corrected chi connectivity index (χ4v) is 1.56. The largest absolute Gasteiger partial charge is 0.334 e. The van der Waals surface area contributed by atoms with Gasteiger partial charge in [0, 0.05) is 6.20 Å². The van der Waals surface area contributed by atoms with Gasteiger partial charge >= 0.3 is 0 Å². The zero-order valence-electron chi connectivity index (χ0n) is 7.64. The van der Waals surface area contributed by atoms with Crippen molar-refractivity contribution in [1.82, 2.24) is 19.9 Å². The molecule has 1 N–H and O–H groups in total. The summed E-state index contributed by atoms with van der Waals surface area (Å²) in [6, 6.07) is 3.68. The molecular formula is C10H6N4O. The number of pyridine rings is 2. The van der Waals surface area contributed by atoms with E-state index >= 15 is 0 Å². The minimum Gasteiger partial charge on any atom is -0.334 e. The molecule has 3 rings (SSSR count). The fourth-order valence-electron chi connectivity index (χ4n) is 1.56. The van der Waals surface area contributed by atoms with Crippen molar-refractivity contribution >= 4 is 28.4 Å². The van der Waals surface area contributed by atoms with Gasteiger partial charge in [0.15, 0.2) is 12.1 Å². The Kier molecular flexibility index (Phi) is 1.53. The van der Waals surface area contributed by atoms with E-state index in [1.807, 2.05) is 12.1 Å². The zero-order chi connectivity index (χ0) is 10.3. The second-order valence-electron chi connectivity index (χ2n) is 3.13. The molecule has 0 saturated heterocycles. The molecule has 3 aromatic rings. The molecule has 0 amide bonds. The number of nitrogens with one attached hydrogen (secondary N) is 1. The average Bonchev–Trinajstić information content (AvgIpc) is 2.72. The molecule has 5 heteroatoms. The van der Waals surface area contributed by atoms with Gasteiger partial charge in [-0.05, 0) is 12.1 Å². The number of hydrogen-bond acceptors (Lipinski definition) is 4. The Hall–Kier alpha value is -2.30. The van der Waals surface area contributed by atoms with Crippen LogP contribution in [0.1, 0.15) is 10.6 Å². The van der Waals surface area contributed by atoms with Crippen molar-refractivity contribution in [3.8, 4) is 0 Å². The average molecular weight is 198 g/mol. The second kappa shape index (κ2) is 2.84. The van der Waals surface area contributed by atoms with Crippen molar-refractivity contribution in [3.05, 3.63) is 30.4 Å². The van der Waals surface area contributed by atoms with Crippen LogP contribution in [0.15, 0.2) is 24.5 Å². The van der Waals surface area contributed by atoms with E-state index < -0.39 is 0 Å². The smallest absolute Gasteiger partial charge is 0.185 e. The van der Waals surface area contributed by atoms with Crippen LogP contribution in [0.4, 0.5) is 0 Å². The first-order valence-electron chi connectivity index (χ1n) is 4.43. The summed E-state index contributed by atoms with van der Waals surface area (Å²) in [6.45, 7) is 0. The Balaban J connectivity index is 2.52. The lowest BCUT2D eigenvalue weighted by atomic mass is 10.3. The number of aromatic amines is 1. The van der Waals surface area contributed by atoms with Gasteiger partial charge in [0.2, 0.25) is 0 Å². The van der Waals surface area contributed by atoms with Crippen LogP contribution in [0.2, 0.25) is 0 Å². The Bertz CT molecular complexity index is 659. The fraction of sp³-hybridized carbons (Fsp3) is 0. The van der Waals surface area contributed by atoms with Crippen molar-refractivity contribution in [1.29, 1.82) is 0 Å². The van der Waals surface area contributed by atoms with Crippen molar-refractivity contribution in [3.63, 3.8) is 0 Å². The van der Waals surface area contributed by atoms with Gasteiger partial charge in [0.1, 0.15) is 11.0 Å². The molecule has 0 radical (unpaired) electrons. The molecule has 0 fully saturated rings. The summed E-state index contributed by atoms with van der Waals surface area (Å²) < 4.78 is 0. The van der Waals surface area contributed by atoms with Gasteiger partial charge in [-0.15, -0.1) is 0 Å². The molecule has 72 valence electrons. The number of H-pyrrole nitrogens is 1. The molecule has 3 aromatic heterocycles. The van der Waals surface area contributed by atoms with E-state index in [-0.39, 0.29) is 0 Å². The number of rotatable bonds is 1. The van der Waals surface area contributed by atoms with Crippen LogP contribution in [-0.2, 0) is 0 Å². The predicted octanol–water partition coefficient (Wildman–Crippen LogP) is 1.32. The molecular weight excluding hydrogens is 192 g/mol. The number of imidazole rings is 1. The molecule has 0 spiro atoms. The first-order chi connectivity index (χ1) is 7.38. The third-order valence-corrected chi connectivity index (χ3v) is 2.21. The van der Waals surface area contributed by atoms with Crippen LogP contribution < -0.4 is 0 Å². The van der Waals surface area contributed by atoms with Crippen LogP contribution in [0.3, 0.4) is 0 Å². The number of nitrogens with zero attached hydrogens (tertiary/aromatic N) is 3. The molecule has 15 heavy (non-hydrogen) atoms. The monoisotopic (exact) mass is 198 g/mol. The van der Waals surface area contributed by atoms with Crippen molar-refractivity contribution in [2.24, 2.45) is 0 Å². The second-order valence-corrected chi connectivity index (χ2v) is 3.13. The van der Waals surface area contributed by atoms with Gasteiger partial charge in [-0.3, -0.25) is 14.8 Å². The molecule has 0 atom stereocenters. The van der Waals surface area contributed by atoms with Gasteiger partial charge in [0.25, 0.3) is 0 Å². The number of carbonyl (C=O) groups is 1. The number of fused-ring (bicyclic) bond motifs is 3. The SMILES string of the molecule is O=Cc1nc2cnc3cccnc3c2[nH]1. The molecule has 0 aliphatic rings. The van der Waals surface area contributed by atoms with E-state index in [0.717, 1.165) is 16.6 Å². The first kappa shape index (κ1) is 8.05. The normalized spacial score (nSPS) is 10.9. The highest BCUT2D eigenvalue weighted by Gasteiger charge is 2.06. The van der Waals surface area contributed by atoms with Crippen molar-refractivity contribution < 1.29 is 4.79 Å². The molecule has 0 saturated carbocycles.